The zero-order valence-electron chi connectivity index (χ0n) is 20.6. The Hall–Kier alpha value is -3.74. The predicted molar refractivity (Wildman–Crippen MR) is 147 cm³/mol. The van der Waals surface area contributed by atoms with Crippen molar-refractivity contribution in [2.45, 2.75) is 38.1 Å². The van der Waals surface area contributed by atoms with Crippen LogP contribution >= 0.6 is 22.9 Å². The van der Waals surface area contributed by atoms with Gasteiger partial charge in [-0.25, -0.2) is 13.4 Å². The maximum Gasteiger partial charge on any atom is 0.265 e. The molecule has 196 valence electrons. The molecule has 1 aliphatic rings. The van der Waals surface area contributed by atoms with E-state index in [9.17, 15) is 18.0 Å². The molecule has 0 saturated heterocycles. The van der Waals surface area contributed by atoms with Gasteiger partial charge in [0.2, 0.25) is 11.8 Å². The van der Waals surface area contributed by atoms with Crippen molar-refractivity contribution in [1.82, 2.24) is 15.2 Å². The molecule has 3 N–H and O–H groups in total. The predicted octanol–water partition coefficient (Wildman–Crippen LogP) is 4.66. The largest absolute Gasteiger partial charge is 0.322 e. The molecule has 4 aromatic rings. The van der Waals surface area contributed by atoms with Gasteiger partial charge in [-0.2, -0.15) is 5.10 Å². The van der Waals surface area contributed by atoms with Crippen molar-refractivity contribution in [2.24, 2.45) is 0 Å². The van der Waals surface area contributed by atoms with Crippen molar-refractivity contribution in [2.75, 3.05) is 14.9 Å². The third-order valence-electron chi connectivity index (χ3n) is 6.10. The quantitative estimate of drug-likeness (QED) is 0.308. The Kier molecular flexibility index (Phi) is 6.72. The van der Waals surface area contributed by atoms with Crippen molar-refractivity contribution >= 4 is 62.0 Å². The molecular weight excluding hydrogens is 548 g/mol. The molecule has 0 spiro atoms. The summed E-state index contributed by atoms with van der Waals surface area (Å²) in [6.45, 7) is 5.22. The smallest absolute Gasteiger partial charge is 0.265 e. The van der Waals surface area contributed by atoms with E-state index in [2.05, 4.69) is 25.8 Å². The minimum absolute atomic E-state index is 0.00445. The first-order valence-corrected chi connectivity index (χ1v) is 14.2. The number of sulfonamides is 1. The summed E-state index contributed by atoms with van der Waals surface area (Å²) in [6.07, 6.45) is -0.441. The highest BCUT2D eigenvalue weighted by molar-refractivity contribution is 7.93. The topological polar surface area (TPSA) is 137 Å². The molecule has 13 heteroatoms. The number of benzene rings is 2. The van der Waals surface area contributed by atoms with Gasteiger partial charge in [-0.3, -0.25) is 19.0 Å². The highest BCUT2D eigenvalue weighted by Gasteiger charge is 2.42. The average molecular weight is 571 g/mol. The van der Waals surface area contributed by atoms with E-state index in [1.807, 2.05) is 12.3 Å². The number of aryl methyl sites for hydroxylation is 3. The van der Waals surface area contributed by atoms with Gasteiger partial charge in [0, 0.05) is 16.5 Å². The molecule has 0 saturated carbocycles. The number of nitrogens with one attached hydrogen (secondary N) is 3. The van der Waals surface area contributed by atoms with Crippen molar-refractivity contribution in [3.05, 3.63) is 69.0 Å². The number of amides is 2. The van der Waals surface area contributed by atoms with E-state index in [-0.39, 0.29) is 16.4 Å². The van der Waals surface area contributed by atoms with E-state index >= 15 is 0 Å². The van der Waals surface area contributed by atoms with Crippen LogP contribution in [0.4, 0.5) is 17.2 Å². The average Bonchev–Trinajstić information content (AvgIpc) is 3.50. The Bertz CT molecular complexity index is 1680. The highest BCUT2D eigenvalue weighted by Crippen LogP contribution is 2.38. The molecule has 1 aliphatic heterocycles. The van der Waals surface area contributed by atoms with Gasteiger partial charge in [-0.05, 0) is 56.2 Å². The van der Waals surface area contributed by atoms with Gasteiger partial charge in [-0.1, -0.05) is 23.7 Å². The number of nitrogens with zero attached hydrogens (tertiary/aromatic N) is 3. The first kappa shape index (κ1) is 25.9. The minimum Gasteiger partial charge on any atom is -0.322 e. The van der Waals surface area contributed by atoms with Gasteiger partial charge < -0.3 is 10.6 Å². The molecule has 2 aromatic carbocycles. The van der Waals surface area contributed by atoms with Crippen LogP contribution in [-0.2, 0) is 19.6 Å². The summed E-state index contributed by atoms with van der Waals surface area (Å²) in [5.74, 6) is -0.974. The molecule has 0 bridgehead atoms. The Labute approximate surface area is 228 Å². The number of H-pyrrole nitrogens is 1. The lowest BCUT2D eigenvalue weighted by Gasteiger charge is -2.37. The van der Waals surface area contributed by atoms with Crippen LogP contribution in [0.1, 0.15) is 22.6 Å². The van der Waals surface area contributed by atoms with E-state index in [4.69, 9.17) is 11.6 Å². The molecule has 0 radical (unpaired) electrons. The van der Waals surface area contributed by atoms with Gasteiger partial charge in [0.1, 0.15) is 6.04 Å². The first-order valence-electron chi connectivity index (χ1n) is 11.5. The summed E-state index contributed by atoms with van der Waals surface area (Å²) in [4.78, 5) is 30.6. The maximum atomic E-state index is 14.0. The van der Waals surface area contributed by atoms with Crippen molar-refractivity contribution < 1.29 is 18.0 Å². The molecule has 3 heterocycles. The third kappa shape index (κ3) is 4.77. The van der Waals surface area contributed by atoms with Crippen LogP contribution in [0.2, 0.25) is 5.02 Å². The maximum absolute atomic E-state index is 14.0. The molecule has 1 unspecified atom stereocenters. The number of hydrogen-bond donors (Lipinski definition) is 3. The number of hydrogen-bond acceptors (Lipinski definition) is 7. The monoisotopic (exact) mass is 570 g/mol. The van der Waals surface area contributed by atoms with Gasteiger partial charge in [0.15, 0.2) is 5.82 Å². The Morgan fingerprint density at radius 3 is 2.66 bits per heavy atom. The zero-order chi connectivity index (χ0) is 27.2. The third-order valence-corrected chi connectivity index (χ3v) is 9.24. The summed E-state index contributed by atoms with van der Waals surface area (Å²) < 4.78 is 29.1. The normalized spacial score (nSPS) is 15.2. The number of rotatable bonds is 6. The molecule has 2 amide bonds. The number of thiazole rings is 1. The number of anilines is 3. The lowest BCUT2D eigenvalue weighted by Crippen LogP contribution is -2.52. The highest BCUT2D eigenvalue weighted by atomic mass is 35.5. The van der Waals surface area contributed by atoms with Crippen LogP contribution in [0, 0.1) is 20.8 Å². The van der Waals surface area contributed by atoms with Crippen molar-refractivity contribution in [3.63, 3.8) is 0 Å². The number of fused-ring (bicyclic) bond motifs is 1. The van der Waals surface area contributed by atoms with Crippen LogP contribution in [0.15, 0.2) is 52.7 Å². The lowest BCUT2D eigenvalue weighted by molar-refractivity contribution is -0.122. The zero-order valence-corrected chi connectivity index (χ0v) is 23.0. The second kappa shape index (κ2) is 9.86. The van der Waals surface area contributed by atoms with E-state index in [0.717, 1.165) is 9.31 Å². The fourth-order valence-corrected chi connectivity index (χ4v) is 7.00. The SMILES string of the molecule is Cc1nc(-c2cc(NC(=O)CC3C(=O)Nc4ccccc4N3S(=O)(=O)c3cc(C)c(Cl)cc3C)n[nH]2)cs1. The van der Waals surface area contributed by atoms with Crippen LogP contribution in [-0.4, -0.2) is 41.5 Å². The van der Waals surface area contributed by atoms with E-state index in [1.165, 1.54) is 17.4 Å². The summed E-state index contributed by atoms with van der Waals surface area (Å²) in [6, 6.07) is 9.88. The minimum atomic E-state index is -4.27. The van der Waals surface area contributed by atoms with Gasteiger partial charge in [0.05, 0.1) is 39.1 Å². The second-order valence-corrected chi connectivity index (χ2v) is 12.1. The Balaban J connectivity index is 1.47. The molecule has 10 nitrogen and oxygen atoms in total. The Morgan fingerprint density at radius 2 is 1.92 bits per heavy atom. The molecule has 1 atom stereocenters. The van der Waals surface area contributed by atoms with Crippen LogP contribution < -0.4 is 14.9 Å². The fourth-order valence-electron chi connectivity index (χ4n) is 4.25. The number of aromatic amines is 1. The molecule has 5 rings (SSSR count). The standard InChI is InChI=1S/C25H23ClN6O4S2/c1-13-9-22(14(2)8-16(13)26)38(35,36)32-20-7-5-4-6-17(20)28-25(34)21(32)11-24(33)29-23-10-18(30-31-23)19-12-37-15(3)27-19/h4-10,12,21H,11H2,1-3H3,(H,28,34)(H2,29,30,31,33). The van der Waals surface area contributed by atoms with E-state index in [1.54, 1.807) is 50.2 Å². The molecule has 0 fully saturated rings. The number of carbonyl (C=O) groups excluding carboxylic acids is 2. The summed E-state index contributed by atoms with van der Waals surface area (Å²) >= 11 is 7.69. The number of carbonyl (C=O) groups is 2. The van der Waals surface area contributed by atoms with Gasteiger partial charge >= 0.3 is 0 Å². The molecule has 38 heavy (non-hydrogen) atoms. The summed E-state index contributed by atoms with van der Waals surface area (Å²) in [5.41, 5.74) is 2.90. The van der Waals surface area contributed by atoms with Crippen molar-refractivity contribution in [3.8, 4) is 11.4 Å². The van der Waals surface area contributed by atoms with Crippen LogP contribution in [0.3, 0.4) is 0 Å². The van der Waals surface area contributed by atoms with Crippen molar-refractivity contribution in [1.29, 1.82) is 0 Å². The van der Waals surface area contributed by atoms with Crippen LogP contribution in [0.5, 0.6) is 0 Å². The number of para-hydroxylation sites is 2. The lowest BCUT2D eigenvalue weighted by atomic mass is 10.1. The van der Waals surface area contributed by atoms with Crippen LogP contribution in [0.25, 0.3) is 11.4 Å². The first-order chi connectivity index (χ1) is 18.0. The fraction of sp³-hybridized carbons (Fsp3) is 0.200. The van der Waals surface area contributed by atoms with Gasteiger partial charge in [0.25, 0.3) is 10.0 Å². The Morgan fingerprint density at radius 1 is 1.16 bits per heavy atom. The number of aromatic nitrogens is 3. The molecular formula is C25H23ClN6O4S2. The number of halogens is 1. The van der Waals surface area contributed by atoms with E-state index < -0.39 is 34.3 Å². The summed E-state index contributed by atoms with van der Waals surface area (Å²) in [5, 5.41) is 15.5. The van der Waals surface area contributed by atoms with E-state index in [0.29, 0.717) is 33.2 Å². The molecule has 0 aliphatic carbocycles. The second-order valence-electron chi connectivity index (χ2n) is 8.86. The molecule has 2 aromatic heterocycles. The summed E-state index contributed by atoms with van der Waals surface area (Å²) in [7, 11) is -4.27. The van der Waals surface area contributed by atoms with Gasteiger partial charge in [-0.15, -0.1) is 11.3 Å².